The SMILES string of the molecule is COC(CN)CC(=O)N1CCCCC1c1ccc(C)cc1.Cl. The Balaban J connectivity index is 0.00000242. The first-order chi connectivity index (χ1) is 10.2. The Bertz CT molecular complexity index is 460. The standard InChI is InChI=1S/C17H26N2O2.ClH/c1-13-6-8-14(9-7-13)16-5-3-4-10-19(16)17(20)11-15(12-18)21-2;/h6-9,15-16H,3-5,10-12,18H2,1-2H3;1H. The van der Waals surface area contributed by atoms with E-state index in [1.807, 2.05) is 4.90 Å². The molecule has 4 nitrogen and oxygen atoms in total. The number of amides is 1. The van der Waals surface area contributed by atoms with Gasteiger partial charge in [0.1, 0.15) is 0 Å². The van der Waals surface area contributed by atoms with Gasteiger partial charge < -0.3 is 15.4 Å². The topological polar surface area (TPSA) is 55.6 Å². The minimum absolute atomic E-state index is 0. The van der Waals surface area contributed by atoms with E-state index in [2.05, 4.69) is 31.2 Å². The second-order valence-corrected chi connectivity index (χ2v) is 5.81. The van der Waals surface area contributed by atoms with E-state index in [1.54, 1.807) is 7.11 Å². The summed E-state index contributed by atoms with van der Waals surface area (Å²) in [5, 5.41) is 0. The maximum atomic E-state index is 12.6. The third-order valence-electron chi connectivity index (χ3n) is 4.28. The summed E-state index contributed by atoms with van der Waals surface area (Å²) in [4.78, 5) is 14.6. The zero-order valence-electron chi connectivity index (χ0n) is 13.5. The minimum Gasteiger partial charge on any atom is -0.380 e. The van der Waals surface area contributed by atoms with Crippen LogP contribution < -0.4 is 5.73 Å². The molecular formula is C17H27ClN2O2. The highest BCUT2D eigenvalue weighted by atomic mass is 35.5. The van der Waals surface area contributed by atoms with Crippen molar-refractivity contribution in [2.45, 2.75) is 44.8 Å². The highest BCUT2D eigenvalue weighted by Gasteiger charge is 2.28. The van der Waals surface area contributed by atoms with Gasteiger partial charge in [0.15, 0.2) is 0 Å². The Labute approximate surface area is 139 Å². The van der Waals surface area contributed by atoms with Gasteiger partial charge in [0.2, 0.25) is 5.91 Å². The quantitative estimate of drug-likeness (QED) is 0.905. The lowest BCUT2D eigenvalue weighted by Gasteiger charge is -2.37. The van der Waals surface area contributed by atoms with Crippen LogP contribution >= 0.6 is 12.4 Å². The summed E-state index contributed by atoms with van der Waals surface area (Å²) in [5.41, 5.74) is 8.11. The number of piperidine rings is 1. The number of benzene rings is 1. The summed E-state index contributed by atoms with van der Waals surface area (Å²) < 4.78 is 5.25. The molecule has 1 fully saturated rings. The highest BCUT2D eigenvalue weighted by Crippen LogP contribution is 2.31. The number of methoxy groups -OCH3 is 1. The summed E-state index contributed by atoms with van der Waals surface area (Å²) in [6.45, 7) is 3.29. The van der Waals surface area contributed by atoms with Crippen LogP contribution in [0.5, 0.6) is 0 Å². The third-order valence-corrected chi connectivity index (χ3v) is 4.28. The lowest BCUT2D eigenvalue weighted by atomic mass is 9.94. The van der Waals surface area contributed by atoms with Crippen LogP contribution in [0.1, 0.15) is 42.9 Å². The van der Waals surface area contributed by atoms with Crippen LogP contribution in [0.25, 0.3) is 0 Å². The zero-order chi connectivity index (χ0) is 15.2. The van der Waals surface area contributed by atoms with Crippen molar-refractivity contribution in [3.8, 4) is 0 Å². The molecule has 1 aromatic carbocycles. The van der Waals surface area contributed by atoms with E-state index in [0.717, 1.165) is 19.4 Å². The summed E-state index contributed by atoms with van der Waals surface area (Å²) in [6.07, 6.45) is 3.48. The molecule has 2 rings (SSSR count). The Morgan fingerprint density at radius 1 is 1.36 bits per heavy atom. The predicted molar refractivity (Wildman–Crippen MR) is 91.2 cm³/mol. The van der Waals surface area contributed by atoms with Gasteiger partial charge in [-0.25, -0.2) is 0 Å². The second-order valence-electron chi connectivity index (χ2n) is 5.81. The van der Waals surface area contributed by atoms with Crippen LogP contribution in [-0.4, -0.2) is 37.1 Å². The molecule has 1 aliphatic rings. The minimum atomic E-state index is -0.182. The van der Waals surface area contributed by atoms with Gasteiger partial charge in [-0.15, -0.1) is 12.4 Å². The Morgan fingerprint density at radius 3 is 2.64 bits per heavy atom. The van der Waals surface area contributed by atoms with Crippen molar-refractivity contribution in [3.05, 3.63) is 35.4 Å². The van der Waals surface area contributed by atoms with Crippen LogP contribution in [0.4, 0.5) is 0 Å². The van der Waals surface area contributed by atoms with Gasteiger partial charge in [-0.1, -0.05) is 29.8 Å². The van der Waals surface area contributed by atoms with Crippen molar-refractivity contribution in [1.82, 2.24) is 4.90 Å². The lowest BCUT2D eigenvalue weighted by Crippen LogP contribution is -2.41. The molecule has 1 heterocycles. The Hall–Kier alpha value is -1.10. The molecule has 0 saturated carbocycles. The second kappa shape index (κ2) is 9.13. The number of carbonyl (C=O) groups excluding carboxylic acids is 1. The fraction of sp³-hybridized carbons (Fsp3) is 0.588. The van der Waals surface area contributed by atoms with Crippen LogP contribution in [0.2, 0.25) is 0 Å². The number of rotatable bonds is 5. The molecule has 5 heteroatoms. The van der Waals surface area contributed by atoms with Gasteiger partial charge in [-0.2, -0.15) is 0 Å². The largest absolute Gasteiger partial charge is 0.380 e. The first-order valence-corrected chi connectivity index (χ1v) is 7.74. The van der Waals surface area contributed by atoms with E-state index >= 15 is 0 Å². The number of ether oxygens (including phenoxy) is 1. The van der Waals surface area contributed by atoms with Crippen LogP contribution in [0.15, 0.2) is 24.3 Å². The number of nitrogens with zero attached hydrogens (tertiary/aromatic N) is 1. The molecule has 124 valence electrons. The molecule has 22 heavy (non-hydrogen) atoms. The number of hydrogen-bond donors (Lipinski definition) is 1. The monoisotopic (exact) mass is 326 g/mol. The first-order valence-electron chi connectivity index (χ1n) is 7.74. The molecule has 1 saturated heterocycles. The van der Waals surface area contributed by atoms with E-state index in [0.29, 0.717) is 13.0 Å². The molecule has 1 aromatic rings. The van der Waals surface area contributed by atoms with Gasteiger partial charge in [0.05, 0.1) is 18.6 Å². The summed E-state index contributed by atoms with van der Waals surface area (Å²) in [6, 6.07) is 8.71. The van der Waals surface area contributed by atoms with Crippen LogP contribution in [0, 0.1) is 6.92 Å². The number of halogens is 1. The van der Waals surface area contributed by atoms with Crippen molar-refractivity contribution >= 4 is 18.3 Å². The maximum absolute atomic E-state index is 12.6. The van der Waals surface area contributed by atoms with Gasteiger partial charge in [0, 0.05) is 20.2 Å². The zero-order valence-corrected chi connectivity index (χ0v) is 14.3. The number of aryl methyl sites for hydroxylation is 1. The molecule has 1 aliphatic heterocycles. The van der Waals surface area contributed by atoms with Crippen molar-refractivity contribution in [2.24, 2.45) is 5.73 Å². The van der Waals surface area contributed by atoms with E-state index in [1.165, 1.54) is 17.5 Å². The van der Waals surface area contributed by atoms with Crippen molar-refractivity contribution in [1.29, 1.82) is 0 Å². The van der Waals surface area contributed by atoms with Gasteiger partial charge in [-0.3, -0.25) is 4.79 Å². The maximum Gasteiger partial charge on any atom is 0.225 e. The van der Waals surface area contributed by atoms with Gasteiger partial charge in [0.25, 0.3) is 0 Å². The number of carbonyl (C=O) groups is 1. The third kappa shape index (κ3) is 4.70. The molecule has 0 aliphatic carbocycles. The molecule has 0 spiro atoms. The molecule has 0 bridgehead atoms. The lowest BCUT2D eigenvalue weighted by molar-refractivity contribution is -0.137. The fourth-order valence-corrected chi connectivity index (χ4v) is 2.94. The number of nitrogens with two attached hydrogens (primary N) is 1. The Morgan fingerprint density at radius 2 is 2.05 bits per heavy atom. The number of hydrogen-bond acceptors (Lipinski definition) is 3. The molecule has 2 N–H and O–H groups in total. The molecular weight excluding hydrogens is 300 g/mol. The normalized spacial score (nSPS) is 19.4. The van der Waals surface area contributed by atoms with Gasteiger partial charge >= 0.3 is 0 Å². The predicted octanol–water partition coefficient (Wildman–Crippen LogP) is 2.83. The van der Waals surface area contributed by atoms with E-state index in [9.17, 15) is 4.79 Å². The average molecular weight is 327 g/mol. The molecule has 0 radical (unpaired) electrons. The summed E-state index contributed by atoms with van der Waals surface area (Å²) in [5.74, 6) is 0.151. The molecule has 0 aromatic heterocycles. The first kappa shape index (κ1) is 18.9. The Kier molecular flexibility index (Phi) is 7.87. The van der Waals surface area contributed by atoms with E-state index in [-0.39, 0.29) is 30.5 Å². The van der Waals surface area contributed by atoms with Crippen molar-refractivity contribution in [3.63, 3.8) is 0 Å². The van der Waals surface area contributed by atoms with Gasteiger partial charge in [-0.05, 0) is 31.7 Å². The summed E-state index contributed by atoms with van der Waals surface area (Å²) in [7, 11) is 1.61. The average Bonchev–Trinajstić information content (AvgIpc) is 2.53. The highest BCUT2D eigenvalue weighted by molar-refractivity contribution is 5.85. The van der Waals surface area contributed by atoms with Crippen molar-refractivity contribution < 1.29 is 9.53 Å². The van der Waals surface area contributed by atoms with Crippen molar-refractivity contribution in [2.75, 3.05) is 20.2 Å². The smallest absolute Gasteiger partial charge is 0.225 e. The fourth-order valence-electron chi connectivity index (χ4n) is 2.94. The van der Waals surface area contributed by atoms with Crippen LogP contribution in [0.3, 0.4) is 0 Å². The van der Waals surface area contributed by atoms with E-state index < -0.39 is 0 Å². The molecule has 2 atom stereocenters. The molecule has 1 amide bonds. The van der Waals surface area contributed by atoms with E-state index in [4.69, 9.17) is 10.5 Å². The summed E-state index contributed by atoms with van der Waals surface area (Å²) >= 11 is 0. The van der Waals surface area contributed by atoms with Crippen LogP contribution in [-0.2, 0) is 9.53 Å². The molecule has 2 unspecified atom stereocenters. The number of likely N-dealkylation sites (tertiary alicyclic amines) is 1.